The van der Waals surface area contributed by atoms with Crippen molar-refractivity contribution in [2.24, 2.45) is 0 Å². The number of β-amino-alcohol motifs (C(OH)–C–C–N with tert-alkyl or cyclic N) is 1. The smallest absolute Gasteiger partial charge is 0.253 e. The second-order valence-corrected chi connectivity index (χ2v) is 10.4. The molecule has 2 fully saturated rings. The first-order valence-corrected chi connectivity index (χ1v) is 13.3. The number of carbonyl (C=O) groups is 2. The Balaban J connectivity index is 1.19. The number of hydrogen-bond donors (Lipinski definition) is 1. The summed E-state index contributed by atoms with van der Waals surface area (Å²) >= 11 is 0. The molecule has 1 aromatic carbocycles. The van der Waals surface area contributed by atoms with Crippen molar-refractivity contribution in [2.45, 2.75) is 38.2 Å². The first kappa shape index (κ1) is 25.9. The van der Waals surface area contributed by atoms with Gasteiger partial charge in [0.15, 0.2) is 0 Å². The number of ether oxygens (including phenoxy) is 1. The standard InChI is InChI=1S/C29H35N5O4/c1-21-6-11-24-27(31-21)25(12-14-30-24)34-16-4-13-29(37,20-34)19-32(2)28(36)22-7-9-23(10-8-22)38-18-17-33-15-3-5-26(33)35/h6-12,14,37H,3-5,13,15-20H2,1-2H3/t29-/m0/s1. The van der Waals surface area contributed by atoms with Crippen LogP contribution in [0.2, 0.25) is 0 Å². The van der Waals surface area contributed by atoms with E-state index in [1.807, 2.05) is 30.0 Å². The van der Waals surface area contributed by atoms with Gasteiger partial charge in [-0.2, -0.15) is 0 Å². The highest BCUT2D eigenvalue weighted by Crippen LogP contribution is 2.31. The highest BCUT2D eigenvalue weighted by Gasteiger charge is 2.36. The number of aromatic nitrogens is 2. The van der Waals surface area contributed by atoms with Crippen molar-refractivity contribution in [3.05, 3.63) is 59.9 Å². The van der Waals surface area contributed by atoms with E-state index in [9.17, 15) is 14.7 Å². The molecule has 38 heavy (non-hydrogen) atoms. The maximum atomic E-state index is 13.2. The van der Waals surface area contributed by atoms with Gasteiger partial charge in [-0.25, -0.2) is 4.98 Å². The molecule has 2 saturated heterocycles. The summed E-state index contributed by atoms with van der Waals surface area (Å²) in [5, 5.41) is 11.5. The summed E-state index contributed by atoms with van der Waals surface area (Å²) in [7, 11) is 1.73. The van der Waals surface area contributed by atoms with Crippen molar-refractivity contribution in [2.75, 3.05) is 51.3 Å². The van der Waals surface area contributed by atoms with E-state index in [-0.39, 0.29) is 18.4 Å². The molecule has 9 nitrogen and oxygen atoms in total. The lowest BCUT2D eigenvalue weighted by atomic mass is 9.91. The Morgan fingerprint density at radius 3 is 2.71 bits per heavy atom. The van der Waals surface area contributed by atoms with Crippen LogP contribution in [-0.2, 0) is 4.79 Å². The number of benzene rings is 1. The Hall–Kier alpha value is -3.72. The highest BCUT2D eigenvalue weighted by atomic mass is 16.5. The van der Waals surface area contributed by atoms with Gasteiger partial charge < -0.3 is 24.5 Å². The third kappa shape index (κ3) is 5.72. The molecule has 0 bridgehead atoms. The number of likely N-dealkylation sites (tertiary alicyclic amines) is 1. The van der Waals surface area contributed by atoms with E-state index in [4.69, 9.17) is 9.72 Å². The van der Waals surface area contributed by atoms with Crippen LogP contribution in [0.25, 0.3) is 11.0 Å². The topological polar surface area (TPSA) is 99.1 Å². The summed E-state index contributed by atoms with van der Waals surface area (Å²) in [5.74, 6) is 0.684. The molecular weight excluding hydrogens is 482 g/mol. The van der Waals surface area contributed by atoms with Gasteiger partial charge in [0.05, 0.1) is 29.9 Å². The van der Waals surface area contributed by atoms with Gasteiger partial charge in [-0.1, -0.05) is 0 Å². The van der Waals surface area contributed by atoms with Gasteiger partial charge in [-0.05, 0) is 68.7 Å². The van der Waals surface area contributed by atoms with Crippen molar-refractivity contribution in [3.63, 3.8) is 0 Å². The van der Waals surface area contributed by atoms with E-state index in [0.29, 0.717) is 43.9 Å². The minimum atomic E-state index is -1.04. The number of carbonyl (C=O) groups excluding carboxylic acids is 2. The van der Waals surface area contributed by atoms with Crippen LogP contribution >= 0.6 is 0 Å². The third-order valence-corrected chi connectivity index (χ3v) is 7.38. The molecule has 200 valence electrons. The van der Waals surface area contributed by atoms with E-state index in [1.165, 1.54) is 0 Å². The average Bonchev–Trinajstić information content (AvgIpc) is 3.32. The lowest BCUT2D eigenvalue weighted by Crippen LogP contribution is -2.54. The summed E-state index contributed by atoms with van der Waals surface area (Å²) in [5.41, 5.74) is 3.02. The summed E-state index contributed by atoms with van der Waals surface area (Å²) in [6, 6.07) is 12.9. The quantitative estimate of drug-likeness (QED) is 0.490. The van der Waals surface area contributed by atoms with Gasteiger partial charge >= 0.3 is 0 Å². The van der Waals surface area contributed by atoms with Gasteiger partial charge in [0, 0.05) is 50.6 Å². The Bertz CT molecular complexity index is 1310. The van der Waals surface area contributed by atoms with Crippen molar-refractivity contribution < 1.29 is 19.4 Å². The van der Waals surface area contributed by atoms with Gasteiger partial charge in [-0.15, -0.1) is 0 Å². The fourth-order valence-corrected chi connectivity index (χ4v) is 5.45. The van der Waals surface area contributed by atoms with E-state index < -0.39 is 5.60 Å². The molecule has 3 aromatic rings. The second-order valence-electron chi connectivity index (χ2n) is 10.4. The average molecular weight is 518 g/mol. The normalized spacial score (nSPS) is 19.7. The summed E-state index contributed by atoms with van der Waals surface area (Å²) in [4.78, 5) is 39.6. The molecule has 0 spiro atoms. The third-order valence-electron chi connectivity index (χ3n) is 7.38. The molecule has 4 heterocycles. The highest BCUT2D eigenvalue weighted by molar-refractivity contribution is 5.94. The van der Waals surface area contributed by atoms with E-state index in [2.05, 4.69) is 9.88 Å². The molecule has 0 radical (unpaired) electrons. The van der Waals surface area contributed by atoms with Crippen LogP contribution in [0.1, 0.15) is 41.7 Å². The number of aryl methyl sites for hydroxylation is 1. The van der Waals surface area contributed by atoms with Gasteiger partial charge in [0.25, 0.3) is 5.91 Å². The van der Waals surface area contributed by atoms with Crippen LogP contribution in [0.4, 0.5) is 5.69 Å². The number of aliphatic hydroxyl groups is 1. The number of pyridine rings is 2. The monoisotopic (exact) mass is 517 g/mol. The first-order chi connectivity index (χ1) is 18.3. The molecule has 0 saturated carbocycles. The van der Waals surface area contributed by atoms with E-state index in [0.717, 1.165) is 48.3 Å². The lowest BCUT2D eigenvalue weighted by Gasteiger charge is -2.42. The Labute approximate surface area is 223 Å². The number of amides is 2. The van der Waals surface area contributed by atoms with E-state index in [1.54, 1.807) is 42.4 Å². The maximum Gasteiger partial charge on any atom is 0.253 e. The molecular formula is C29H35N5O4. The summed E-state index contributed by atoms with van der Waals surface area (Å²) in [6.45, 7) is 5.18. The number of rotatable bonds is 8. The van der Waals surface area contributed by atoms with Crippen LogP contribution in [0.15, 0.2) is 48.7 Å². The number of fused-ring (bicyclic) bond motifs is 1. The predicted octanol–water partition coefficient (Wildman–Crippen LogP) is 3.04. The first-order valence-electron chi connectivity index (χ1n) is 13.3. The predicted molar refractivity (Wildman–Crippen MR) is 145 cm³/mol. The van der Waals surface area contributed by atoms with Crippen molar-refractivity contribution >= 4 is 28.5 Å². The number of anilines is 1. The van der Waals surface area contributed by atoms with Crippen LogP contribution in [0, 0.1) is 6.92 Å². The molecule has 9 heteroatoms. The second kappa shape index (κ2) is 10.9. The molecule has 2 amide bonds. The Morgan fingerprint density at radius 2 is 1.95 bits per heavy atom. The van der Waals surface area contributed by atoms with Crippen LogP contribution in [0.5, 0.6) is 5.75 Å². The fourth-order valence-electron chi connectivity index (χ4n) is 5.45. The maximum absolute atomic E-state index is 13.2. The van der Waals surface area contributed by atoms with Gasteiger partial charge in [0.1, 0.15) is 17.9 Å². The minimum absolute atomic E-state index is 0.156. The zero-order valence-electron chi connectivity index (χ0n) is 22.1. The molecule has 2 aromatic heterocycles. The minimum Gasteiger partial charge on any atom is -0.492 e. The molecule has 2 aliphatic rings. The van der Waals surface area contributed by atoms with Crippen molar-refractivity contribution in [1.29, 1.82) is 0 Å². The fraction of sp³-hybridized carbons (Fsp3) is 0.448. The molecule has 1 atom stereocenters. The van der Waals surface area contributed by atoms with Crippen LogP contribution in [-0.4, -0.2) is 88.7 Å². The van der Waals surface area contributed by atoms with Crippen molar-refractivity contribution in [1.82, 2.24) is 19.8 Å². The Morgan fingerprint density at radius 1 is 1.13 bits per heavy atom. The van der Waals surface area contributed by atoms with Crippen LogP contribution < -0.4 is 9.64 Å². The summed E-state index contributed by atoms with van der Waals surface area (Å²) in [6.07, 6.45) is 4.73. The Kier molecular flexibility index (Phi) is 7.46. The molecule has 1 N–H and O–H groups in total. The molecule has 0 unspecified atom stereocenters. The SMILES string of the molecule is Cc1ccc2nccc(N3CCC[C@](O)(CN(C)C(=O)c4ccc(OCCN5CCCC5=O)cc4)C3)c2n1. The lowest BCUT2D eigenvalue weighted by molar-refractivity contribution is -0.128. The summed E-state index contributed by atoms with van der Waals surface area (Å²) < 4.78 is 5.77. The number of hydrogen-bond acceptors (Lipinski definition) is 7. The molecule has 5 rings (SSSR count). The largest absolute Gasteiger partial charge is 0.492 e. The van der Waals surface area contributed by atoms with E-state index >= 15 is 0 Å². The van der Waals surface area contributed by atoms with Gasteiger partial charge in [0.2, 0.25) is 5.91 Å². The van der Waals surface area contributed by atoms with Gasteiger partial charge in [-0.3, -0.25) is 14.6 Å². The number of nitrogens with zero attached hydrogens (tertiary/aromatic N) is 5. The zero-order valence-corrected chi connectivity index (χ0v) is 22.1. The van der Waals surface area contributed by atoms with Crippen molar-refractivity contribution in [3.8, 4) is 5.75 Å². The molecule has 0 aliphatic carbocycles. The van der Waals surface area contributed by atoms with Crippen LogP contribution in [0.3, 0.4) is 0 Å². The number of piperidine rings is 1. The number of likely N-dealkylation sites (N-methyl/N-ethyl adjacent to an activating group) is 1. The zero-order chi connectivity index (χ0) is 26.7. The molecule has 2 aliphatic heterocycles.